The molecule has 0 aromatic carbocycles. The first-order chi connectivity index (χ1) is 27.5. The van der Waals surface area contributed by atoms with E-state index >= 15 is 0 Å². The summed E-state index contributed by atoms with van der Waals surface area (Å²) in [6.07, 6.45) is 2.88. The van der Waals surface area contributed by atoms with Crippen LogP contribution in [-0.2, 0) is 62.6 Å². The number of nitrogens with zero attached hydrogens (tertiary/aromatic N) is 5. The van der Waals surface area contributed by atoms with Crippen molar-refractivity contribution in [3.05, 3.63) is 11.9 Å². The smallest absolute Gasteiger partial charge is 0.327 e. The summed E-state index contributed by atoms with van der Waals surface area (Å²) in [6, 6.07) is -4.19. The molecule has 27 heteroatoms. The number of aryl methyl sites for hydroxylation is 2. The van der Waals surface area contributed by atoms with E-state index in [0.29, 0.717) is 50.8 Å². The molecule has 58 heavy (non-hydrogen) atoms. The Morgan fingerprint density at radius 3 is 2.17 bits per heavy atom. The molecule has 4 amide bonds. The zero-order valence-electron chi connectivity index (χ0n) is 31.0. The number of carboxylic acid groups (broad SMARTS) is 3. The molecule has 0 aliphatic rings. The van der Waals surface area contributed by atoms with Crippen LogP contribution < -0.4 is 31.7 Å². The van der Waals surface area contributed by atoms with Crippen LogP contribution in [0.2, 0.25) is 0 Å². The molecule has 2 heterocycles. The van der Waals surface area contributed by atoms with Crippen LogP contribution in [0.4, 0.5) is 10.3 Å². The normalized spacial score (nSPS) is 13.6. The van der Waals surface area contributed by atoms with E-state index in [0.717, 1.165) is 11.3 Å². The van der Waals surface area contributed by atoms with Gasteiger partial charge < -0.3 is 42.3 Å². The number of rotatable bonds is 30. The number of carboxylic acids is 3. The molecule has 0 aliphatic carbocycles. The third kappa shape index (κ3) is 19.8. The molecule has 0 saturated heterocycles. The van der Waals surface area contributed by atoms with Crippen LogP contribution in [-0.4, -0.2) is 127 Å². The van der Waals surface area contributed by atoms with E-state index in [2.05, 4.69) is 59.1 Å². The van der Waals surface area contributed by atoms with E-state index in [1.807, 2.05) is 0 Å². The summed E-state index contributed by atoms with van der Waals surface area (Å²) in [5, 5.41) is 52.7. The van der Waals surface area contributed by atoms with Crippen LogP contribution >= 0.6 is 24.0 Å². The van der Waals surface area contributed by atoms with Gasteiger partial charge in [-0.1, -0.05) is 16.6 Å². The zero-order valence-corrected chi connectivity index (χ0v) is 33.6. The number of thiol groups is 1. The molecule has 0 saturated carbocycles. The topological polar surface area (TPSA) is 377 Å². The lowest BCUT2D eigenvalue weighted by Crippen LogP contribution is -2.55. The summed E-state index contributed by atoms with van der Waals surface area (Å²) in [5.74, 6) is -8.61. The maximum Gasteiger partial charge on any atom is 0.327 e. The number of anilines is 2. The van der Waals surface area contributed by atoms with Crippen LogP contribution in [0.5, 0.6) is 0 Å². The average Bonchev–Trinajstić information content (AvgIpc) is 3.79. The number of aliphatic carboxylic acids is 3. The lowest BCUT2D eigenvalue weighted by atomic mass is 9.95. The van der Waals surface area contributed by atoms with Crippen molar-refractivity contribution in [2.45, 2.75) is 102 Å². The van der Waals surface area contributed by atoms with Gasteiger partial charge in [-0.05, 0) is 44.9 Å². The first kappa shape index (κ1) is 49.0. The molecule has 5 atom stereocenters. The van der Waals surface area contributed by atoms with E-state index in [1.54, 1.807) is 10.9 Å². The molecule has 0 fully saturated rings. The molecule has 2 aromatic heterocycles. The number of carbonyl (C=O) groups is 8. The maximum atomic E-state index is 12.8. The van der Waals surface area contributed by atoms with Gasteiger partial charge in [-0.2, -0.15) is 12.6 Å². The summed E-state index contributed by atoms with van der Waals surface area (Å²) in [5.41, 5.74) is 6.54. The largest absolute Gasteiger partial charge is 0.481 e. The number of amides is 4. The van der Waals surface area contributed by atoms with E-state index in [1.165, 1.54) is 0 Å². The van der Waals surface area contributed by atoms with E-state index in [4.69, 9.17) is 20.5 Å². The Hall–Kier alpha value is -5.12. The van der Waals surface area contributed by atoms with Crippen LogP contribution in [0, 0.1) is 5.92 Å². The highest BCUT2D eigenvalue weighted by Gasteiger charge is 2.29. The zero-order chi connectivity index (χ0) is 43.2. The second-order valence-electron chi connectivity index (χ2n) is 12.8. The van der Waals surface area contributed by atoms with Crippen LogP contribution in [0.1, 0.15) is 76.3 Å². The van der Waals surface area contributed by atoms with Crippen molar-refractivity contribution >= 4 is 92.8 Å². The van der Waals surface area contributed by atoms with E-state index < -0.39 is 83.8 Å². The van der Waals surface area contributed by atoms with Crippen LogP contribution in [0.25, 0.3) is 0 Å². The monoisotopic (exact) mass is 877 g/mol. The molecular weight excluding hydrogens is 831 g/mol. The lowest BCUT2D eigenvalue weighted by molar-refractivity contribution is -0.143. The van der Waals surface area contributed by atoms with Crippen LogP contribution in [0.3, 0.4) is 0 Å². The Bertz CT molecular complexity index is 1760. The molecular formula is C31H47N11O13S3. The first-order valence-electron chi connectivity index (χ1n) is 17.8. The first-order valence-corrected chi connectivity index (χ1v) is 20.4. The van der Waals surface area contributed by atoms with Crippen molar-refractivity contribution in [2.24, 2.45) is 11.7 Å². The van der Waals surface area contributed by atoms with Crippen molar-refractivity contribution in [2.75, 3.05) is 22.3 Å². The summed E-state index contributed by atoms with van der Waals surface area (Å²) in [6.45, 7) is 0.522. The van der Waals surface area contributed by atoms with Gasteiger partial charge in [-0.25, -0.2) is 9.00 Å². The fraction of sp³-hybridized carbons (Fsp3) is 0.613. The molecule has 0 spiro atoms. The van der Waals surface area contributed by atoms with Crippen molar-refractivity contribution in [3.8, 4) is 0 Å². The number of nitrogens with two attached hydrogens (primary N) is 1. The highest BCUT2D eigenvalue weighted by Crippen LogP contribution is 2.20. The number of Topliss-reactive ketones (excluding diaryl/α,β-unsaturated/α-hetero) is 1. The van der Waals surface area contributed by atoms with Gasteiger partial charge in [0.2, 0.25) is 33.9 Å². The fourth-order valence-corrected chi connectivity index (χ4v) is 6.43. The highest BCUT2D eigenvalue weighted by atomic mass is 32.2. The Morgan fingerprint density at radius 2 is 1.52 bits per heavy atom. The van der Waals surface area contributed by atoms with E-state index in [9.17, 15) is 47.7 Å². The summed E-state index contributed by atoms with van der Waals surface area (Å²) < 4.78 is 23.3. The number of unbranched alkanes of at least 4 members (excludes halogenated alkanes) is 2. The molecule has 2 rings (SSSR count). The molecule has 0 radical (unpaired) electrons. The van der Waals surface area contributed by atoms with Crippen molar-refractivity contribution in [1.29, 1.82) is 0 Å². The van der Waals surface area contributed by atoms with Crippen molar-refractivity contribution in [3.63, 3.8) is 0 Å². The molecule has 11 N–H and O–H groups in total. The number of nitrogens with one attached hydrogen (secondary N) is 5. The van der Waals surface area contributed by atoms with Gasteiger partial charge in [0, 0.05) is 44.3 Å². The minimum atomic E-state index is -2.31. The highest BCUT2D eigenvalue weighted by molar-refractivity contribution is 7.81. The minimum Gasteiger partial charge on any atom is -0.481 e. The minimum absolute atomic E-state index is 0.0649. The second-order valence-corrected chi connectivity index (χ2v) is 14.8. The molecule has 322 valence electrons. The Morgan fingerprint density at radius 1 is 0.828 bits per heavy atom. The number of ketones is 1. The summed E-state index contributed by atoms with van der Waals surface area (Å²) >= 11 is 2.41. The number of hydrogen-bond donors (Lipinski definition) is 11. The Kier molecular flexibility index (Phi) is 22.0. The number of aromatic nitrogens is 5. The van der Waals surface area contributed by atoms with Gasteiger partial charge in [0.1, 0.15) is 17.9 Å². The predicted molar refractivity (Wildman–Crippen MR) is 208 cm³/mol. The van der Waals surface area contributed by atoms with Gasteiger partial charge in [-0.15, -0.1) is 15.3 Å². The predicted octanol–water partition coefficient (Wildman–Crippen LogP) is -1.07. The molecule has 0 bridgehead atoms. The van der Waals surface area contributed by atoms with Crippen molar-refractivity contribution < 1.29 is 62.4 Å². The lowest BCUT2D eigenvalue weighted by Gasteiger charge is -2.21. The SMILES string of the molecule is N[C@@H](CCCCNC(=O)[C@H](CC(=O)O)CC(=O)CCCCn1cc(CCCC(=O)Nc2nnc(NS(=O)O)s2)nn1)C(=O)N[C@@H](CC(=O)O)C(=O)N[C@@H](CS)C(=O)O. The fourth-order valence-electron chi connectivity index (χ4n) is 5.10. The van der Waals surface area contributed by atoms with Gasteiger partial charge in [0.05, 0.1) is 30.5 Å². The standard InChI is InChI=1S/C31H47N11O13S3/c32-20(27(50)34-21(14-25(47)48)28(51)35-22(16-56)29(52)53)8-1-3-10-33-26(49)17(13-24(45)46)12-19(43)7-2-4-11-42-15-18(37-41-42)6-5-9-23(44)36-30-38-39-31(57-30)40-58(54)55/h15,17,20-22,56H,1-14,16,32H2,(H,33,49)(H,34,50)(H,35,51)(H,39,40)(H,45,46)(H,47,48)(H,52,53)(H,54,55)(H,36,38,44)/t17-,20-,21-,22-/m0/s1. The van der Waals surface area contributed by atoms with Gasteiger partial charge in [0.25, 0.3) is 11.3 Å². The van der Waals surface area contributed by atoms with Gasteiger partial charge >= 0.3 is 17.9 Å². The quantitative estimate of drug-likeness (QED) is 0.0253. The van der Waals surface area contributed by atoms with Crippen LogP contribution in [0.15, 0.2) is 6.20 Å². The molecule has 0 aliphatic heterocycles. The molecule has 2 aromatic rings. The number of hydrogen-bond acceptors (Lipinski definition) is 16. The number of carbonyl (C=O) groups excluding carboxylic acids is 5. The Labute approximate surface area is 343 Å². The second kappa shape index (κ2) is 26.0. The third-order valence-electron chi connectivity index (χ3n) is 8.01. The van der Waals surface area contributed by atoms with Crippen molar-refractivity contribution in [1.82, 2.24) is 41.1 Å². The van der Waals surface area contributed by atoms with E-state index in [-0.39, 0.29) is 59.9 Å². The molecule has 1 unspecified atom stereocenters. The van der Waals surface area contributed by atoms with Gasteiger partial charge in [0.15, 0.2) is 0 Å². The third-order valence-corrected chi connectivity index (χ3v) is 9.63. The maximum absolute atomic E-state index is 12.8. The van der Waals surface area contributed by atoms with Gasteiger partial charge in [-0.3, -0.25) is 47.5 Å². The molecule has 24 nitrogen and oxygen atoms in total. The summed E-state index contributed by atoms with van der Waals surface area (Å²) in [7, 11) is 0. The Balaban J connectivity index is 1.69. The summed E-state index contributed by atoms with van der Waals surface area (Å²) in [4.78, 5) is 96.4. The average molecular weight is 878 g/mol.